The third-order valence-electron chi connectivity index (χ3n) is 3.07. The zero-order valence-corrected chi connectivity index (χ0v) is 13.9. The molecule has 23 heavy (non-hydrogen) atoms. The Morgan fingerprint density at radius 1 is 1.17 bits per heavy atom. The van der Waals surface area contributed by atoms with E-state index in [0.29, 0.717) is 14.9 Å². The van der Waals surface area contributed by atoms with Crippen LogP contribution in [0.25, 0.3) is 10.1 Å². The average molecular weight is 365 g/mol. The van der Waals surface area contributed by atoms with Crippen LogP contribution in [0.15, 0.2) is 47.6 Å². The lowest BCUT2D eigenvalue weighted by Crippen LogP contribution is -2.16. The van der Waals surface area contributed by atoms with Crippen LogP contribution < -0.4 is 5.43 Å². The summed E-state index contributed by atoms with van der Waals surface area (Å²) in [5.41, 5.74) is 3.19. The molecule has 3 rings (SSSR count). The number of hydrogen-bond acceptors (Lipinski definition) is 4. The Balaban J connectivity index is 1.78. The number of amides is 1. The number of phenolic OH excluding ortho intramolecular Hbond substituents is 1. The monoisotopic (exact) mass is 364 g/mol. The van der Waals surface area contributed by atoms with E-state index in [9.17, 15) is 9.90 Å². The zero-order chi connectivity index (χ0) is 16.4. The number of hydrogen-bond donors (Lipinski definition) is 2. The van der Waals surface area contributed by atoms with E-state index in [2.05, 4.69) is 10.5 Å². The van der Waals surface area contributed by atoms with Gasteiger partial charge in [0, 0.05) is 15.1 Å². The molecule has 0 fully saturated rings. The van der Waals surface area contributed by atoms with E-state index in [4.69, 9.17) is 23.2 Å². The molecular formula is C16H10Cl2N2O2S. The largest absolute Gasteiger partial charge is 0.508 e. The second-order valence-corrected chi connectivity index (χ2v) is 6.54. The molecule has 0 aliphatic heterocycles. The Morgan fingerprint density at radius 2 is 1.91 bits per heavy atom. The summed E-state index contributed by atoms with van der Waals surface area (Å²) in [6.45, 7) is 0. The van der Waals surface area contributed by atoms with Crippen LogP contribution in [0.3, 0.4) is 0 Å². The van der Waals surface area contributed by atoms with Crippen molar-refractivity contribution in [2.45, 2.75) is 0 Å². The lowest BCUT2D eigenvalue weighted by atomic mass is 10.2. The molecule has 0 aliphatic carbocycles. The van der Waals surface area contributed by atoms with Crippen molar-refractivity contribution in [2.75, 3.05) is 0 Å². The Morgan fingerprint density at radius 3 is 2.65 bits per heavy atom. The molecule has 0 saturated carbocycles. The Bertz CT molecular complexity index is 904. The van der Waals surface area contributed by atoms with Crippen LogP contribution in [0.5, 0.6) is 5.75 Å². The fraction of sp³-hybridized carbons (Fsp3) is 0. The van der Waals surface area contributed by atoms with Crippen molar-refractivity contribution in [3.63, 3.8) is 0 Å². The van der Waals surface area contributed by atoms with Gasteiger partial charge in [0.25, 0.3) is 5.91 Å². The molecule has 2 N–H and O–H groups in total. The van der Waals surface area contributed by atoms with Gasteiger partial charge in [0.05, 0.1) is 11.2 Å². The van der Waals surface area contributed by atoms with Gasteiger partial charge in [-0.2, -0.15) is 5.10 Å². The van der Waals surface area contributed by atoms with Gasteiger partial charge >= 0.3 is 0 Å². The Kier molecular flexibility index (Phi) is 4.52. The molecule has 0 aliphatic rings. The van der Waals surface area contributed by atoms with Crippen LogP contribution in [0.2, 0.25) is 10.0 Å². The fourth-order valence-electron chi connectivity index (χ4n) is 1.96. The highest BCUT2D eigenvalue weighted by atomic mass is 35.5. The first kappa shape index (κ1) is 15.8. The molecule has 4 nitrogen and oxygen atoms in total. The van der Waals surface area contributed by atoms with Crippen LogP contribution in [-0.4, -0.2) is 17.2 Å². The number of benzene rings is 2. The molecule has 1 heterocycles. The quantitative estimate of drug-likeness (QED) is 0.523. The highest BCUT2D eigenvalue weighted by molar-refractivity contribution is 7.21. The predicted octanol–water partition coefficient (Wildman–Crippen LogP) is 4.68. The smallest absolute Gasteiger partial charge is 0.283 e. The van der Waals surface area contributed by atoms with Gasteiger partial charge in [0.1, 0.15) is 10.6 Å². The van der Waals surface area contributed by atoms with Crippen molar-refractivity contribution < 1.29 is 9.90 Å². The van der Waals surface area contributed by atoms with Gasteiger partial charge in [-0.1, -0.05) is 29.3 Å². The maximum absolute atomic E-state index is 12.2. The summed E-state index contributed by atoms with van der Waals surface area (Å²) in [6, 6.07) is 11.7. The maximum Gasteiger partial charge on any atom is 0.283 e. The minimum absolute atomic E-state index is 0.168. The second-order valence-electron chi connectivity index (χ2n) is 4.68. The van der Waals surface area contributed by atoms with Crippen molar-refractivity contribution >= 4 is 56.7 Å². The van der Waals surface area contributed by atoms with E-state index in [1.54, 1.807) is 30.3 Å². The molecule has 0 bridgehead atoms. The molecule has 1 aromatic heterocycles. The van der Waals surface area contributed by atoms with E-state index in [1.807, 2.05) is 0 Å². The van der Waals surface area contributed by atoms with E-state index in [0.717, 1.165) is 15.6 Å². The van der Waals surface area contributed by atoms with Crippen molar-refractivity contribution in [1.82, 2.24) is 5.43 Å². The first-order valence-electron chi connectivity index (χ1n) is 6.54. The van der Waals surface area contributed by atoms with Crippen LogP contribution in [0.1, 0.15) is 15.2 Å². The number of thiophene rings is 1. The molecule has 7 heteroatoms. The average Bonchev–Trinajstić information content (AvgIpc) is 2.85. The van der Waals surface area contributed by atoms with Crippen LogP contribution >= 0.6 is 34.5 Å². The van der Waals surface area contributed by atoms with Crippen molar-refractivity contribution in [2.24, 2.45) is 5.10 Å². The first-order valence-corrected chi connectivity index (χ1v) is 8.12. The predicted molar refractivity (Wildman–Crippen MR) is 95.0 cm³/mol. The maximum atomic E-state index is 12.2. The normalized spacial score (nSPS) is 11.2. The van der Waals surface area contributed by atoms with Crippen LogP contribution in [0, 0.1) is 0 Å². The number of halogens is 2. The van der Waals surface area contributed by atoms with Crippen LogP contribution in [-0.2, 0) is 0 Å². The van der Waals surface area contributed by atoms with E-state index < -0.39 is 0 Å². The third kappa shape index (κ3) is 3.47. The number of nitrogens with zero attached hydrogens (tertiary/aromatic N) is 1. The Labute approximate surface area is 146 Å². The summed E-state index contributed by atoms with van der Waals surface area (Å²) in [4.78, 5) is 12.6. The number of hydrazone groups is 1. The minimum Gasteiger partial charge on any atom is -0.508 e. The van der Waals surface area contributed by atoms with Gasteiger partial charge in [0.15, 0.2) is 0 Å². The van der Waals surface area contributed by atoms with E-state index in [-0.39, 0.29) is 11.7 Å². The summed E-state index contributed by atoms with van der Waals surface area (Å²) in [5.74, 6) is -0.218. The SMILES string of the molecule is O=C(NN=Cc1ccc(O)cc1)c1sc2cc(Cl)ccc2c1Cl. The van der Waals surface area contributed by atoms with Gasteiger partial charge in [-0.05, 0) is 42.0 Å². The highest BCUT2D eigenvalue weighted by Gasteiger charge is 2.16. The van der Waals surface area contributed by atoms with E-state index >= 15 is 0 Å². The van der Waals surface area contributed by atoms with Crippen molar-refractivity contribution in [3.05, 3.63) is 63.0 Å². The Hall–Kier alpha value is -2.08. The molecule has 0 unspecified atom stereocenters. The molecule has 0 radical (unpaired) electrons. The zero-order valence-electron chi connectivity index (χ0n) is 11.6. The number of phenols is 1. The number of aromatic hydroxyl groups is 1. The number of nitrogens with one attached hydrogen (secondary N) is 1. The fourth-order valence-corrected chi connectivity index (χ4v) is 3.64. The first-order chi connectivity index (χ1) is 11.0. The lowest BCUT2D eigenvalue weighted by Gasteiger charge is -1.97. The minimum atomic E-state index is -0.387. The molecule has 0 saturated heterocycles. The molecule has 116 valence electrons. The standard InChI is InChI=1S/C16H10Cl2N2O2S/c17-10-3-6-12-13(7-10)23-15(14(12)18)16(22)20-19-8-9-1-4-11(21)5-2-9/h1-8,21H,(H,20,22). The summed E-state index contributed by atoms with van der Waals surface area (Å²) in [7, 11) is 0. The third-order valence-corrected chi connectivity index (χ3v) is 4.96. The van der Waals surface area contributed by atoms with Gasteiger partial charge in [0.2, 0.25) is 0 Å². The molecule has 0 atom stereocenters. The molecule has 2 aromatic carbocycles. The lowest BCUT2D eigenvalue weighted by molar-refractivity contribution is 0.0959. The van der Waals surface area contributed by atoms with Crippen LogP contribution in [0.4, 0.5) is 0 Å². The molecule has 0 spiro atoms. The summed E-state index contributed by atoms with van der Waals surface area (Å²) in [5, 5.41) is 14.9. The summed E-state index contributed by atoms with van der Waals surface area (Å²) in [6.07, 6.45) is 1.48. The number of carbonyl (C=O) groups is 1. The molecule has 1 amide bonds. The van der Waals surface area contributed by atoms with Crippen molar-refractivity contribution in [1.29, 1.82) is 0 Å². The number of fused-ring (bicyclic) bond motifs is 1. The van der Waals surface area contributed by atoms with Gasteiger partial charge in [-0.15, -0.1) is 11.3 Å². The highest BCUT2D eigenvalue weighted by Crippen LogP contribution is 2.36. The number of rotatable bonds is 3. The van der Waals surface area contributed by atoms with E-state index in [1.165, 1.54) is 29.7 Å². The van der Waals surface area contributed by atoms with Crippen molar-refractivity contribution in [3.8, 4) is 5.75 Å². The molecule has 3 aromatic rings. The summed E-state index contributed by atoms with van der Waals surface area (Å²) >= 11 is 13.4. The number of carbonyl (C=O) groups excluding carboxylic acids is 1. The summed E-state index contributed by atoms with van der Waals surface area (Å²) < 4.78 is 0.843. The van der Waals surface area contributed by atoms with Gasteiger partial charge < -0.3 is 5.11 Å². The second kappa shape index (κ2) is 6.58. The van der Waals surface area contributed by atoms with Gasteiger partial charge in [-0.25, -0.2) is 5.43 Å². The molecular weight excluding hydrogens is 355 g/mol. The van der Waals surface area contributed by atoms with Gasteiger partial charge in [-0.3, -0.25) is 4.79 Å². The topological polar surface area (TPSA) is 61.7 Å².